The molecule has 116 valence electrons. The first kappa shape index (κ1) is 15.6. The van der Waals surface area contributed by atoms with E-state index in [1.165, 1.54) is 25.3 Å². The molecule has 0 spiro atoms. The summed E-state index contributed by atoms with van der Waals surface area (Å²) < 4.78 is 10.4. The van der Waals surface area contributed by atoms with E-state index in [0.29, 0.717) is 12.1 Å². The Balaban J connectivity index is 2.24. The standard InChI is InChI=1S/C15H21NO5/c1-15(14(19)20-2,16-9-13-4-3-5-21-13)10-6-11(17)8-12(18)7-10/h6-8,13,16-18H,3-5,9H2,1-2H3. The van der Waals surface area contributed by atoms with Crippen LogP contribution in [0.1, 0.15) is 25.3 Å². The smallest absolute Gasteiger partial charge is 0.330 e. The SMILES string of the molecule is COC(=O)C(C)(NCC1CCCO1)c1cc(O)cc(O)c1. The highest BCUT2D eigenvalue weighted by Gasteiger charge is 2.37. The van der Waals surface area contributed by atoms with E-state index in [-0.39, 0.29) is 17.6 Å². The maximum Gasteiger partial charge on any atom is 0.330 e. The first-order chi connectivity index (χ1) is 9.95. The number of nitrogens with one attached hydrogen (secondary N) is 1. The third-order valence-electron chi connectivity index (χ3n) is 3.78. The number of phenols is 2. The highest BCUT2D eigenvalue weighted by Crippen LogP contribution is 2.30. The van der Waals surface area contributed by atoms with Gasteiger partial charge in [0.1, 0.15) is 17.0 Å². The van der Waals surface area contributed by atoms with Gasteiger partial charge in [0.2, 0.25) is 0 Å². The molecule has 6 heteroatoms. The van der Waals surface area contributed by atoms with Crippen molar-refractivity contribution in [2.24, 2.45) is 0 Å². The highest BCUT2D eigenvalue weighted by atomic mass is 16.5. The van der Waals surface area contributed by atoms with Crippen LogP contribution in [0.2, 0.25) is 0 Å². The fourth-order valence-corrected chi connectivity index (χ4v) is 2.50. The van der Waals surface area contributed by atoms with E-state index < -0.39 is 11.5 Å². The number of phenolic OH excluding ortho intramolecular Hbond substituents is 2. The van der Waals surface area contributed by atoms with Gasteiger partial charge in [-0.05, 0) is 37.5 Å². The molecule has 0 amide bonds. The van der Waals surface area contributed by atoms with Gasteiger partial charge in [0.05, 0.1) is 13.2 Å². The van der Waals surface area contributed by atoms with Gasteiger partial charge in [0.15, 0.2) is 0 Å². The van der Waals surface area contributed by atoms with E-state index in [4.69, 9.17) is 9.47 Å². The van der Waals surface area contributed by atoms with Crippen LogP contribution in [0, 0.1) is 0 Å². The lowest BCUT2D eigenvalue weighted by molar-refractivity contribution is -0.148. The Morgan fingerprint density at radius 1 is 1.43 bits per heavy atom. The highest BCUT2D eigenvalue weighted by molar-refractivity contribution is 5.82. The van der Waals surface area contributed by atoms with Gasteiger partial charge < -0.3 is 19.7 Å². The van der Waals surface area contributed by atoms with E-state index in [0.717, 1.165) is 19.4 Å². The molecule has 2 unspecified atom stereocenters. The summed E-state index contributed by atoms with van der Waals surface area (Å²) in [6, 6.07) is 4.07. The third kappa shape index (κ3) is 3.46. The molecule has 1 fully saturated rings. The van der Waals surface area contributed by atoms with Crippen molar-refractivity contribution in [3.05, 3.63) is 23.8 Å². The number of carbonyl (C=O) groups excluding carboxylic acids is 1. The number of aromatic hydroxyl groups is 2. The molecule has 0 aliphatic carbocycles. The number of esters is 1. The predicted molar refractivity (Wildman–Crippen MR) is 76.1 cm³/mol. The summed E-state index contributed by atoms with van der Waals surface area (Å²) in [6.45, 7) is 2.87. The van der Waals surface area contributed by atoms with Gasteiger partial charge in [-0.15, -0.1) is 0 Å². The van der Waals surface area contributed by atoms with Crippen LogP contribution in [0.25, 0.3) is 0 Å². The zero-order valence-electron chi connectivity index (χ0n) is 12.3. The minimum atomic E-state index is -1.17. The van der Waals surface area contributed by atoms with Crippen molar-refractivity contribution in [3.8, 4) is 11.5 Å². The Labute approximate surface area is 123 Å². The second-order valence-corrected chi connectivity index (χ2v) is 5.37. The quantitative estimate of drug-likeness (QED) is 0.709. The van der Waals surface area contributed by atoms with E-state index in [9.17, 15) is 15.0 Å². The lowest BCUT2D eigenvalue weighted by Gasteiger charge is -2.30. The summed E-state index contributed by atoms with van der Waals surface area (Å²) >= 11 is 0. The molecule has 1 saturated heterocycles. The van der Waals surface area contributed by atoms with Crippen LogP contribution < -0.4 is 5.32 Å². The Bertz CT molecular complexity index is 493. The minimum absolute atomic E-state index is 0.0555. The van der Waals surface area contributed by atoms with Crippen molar-refractivity contribution in [1.82, 2.24) is 5.32 Å². The van der Waals surface area contributed by atoms with E-state index >= 15 is 0 Å². The molecule has 6 nitrogen and oxygen atoms in total. The molecule has 0 saturated carbocycles. The predicted octanol–water partition coefficient (Wildman–Crippen LogP) is 1.25. The van der Waals surface area contributed by atoms with Crippen LogP contribution in [0.15, 0.2) is 18.2 Å². The van der Waals surface area contributed by atoms with Gasteiger partial charge in [-0.2, -0.15) is 0 Å². The summed E-state index contributed by atoms with van der Waals surface area (Å²) in [5, 5.41) is 22.4. The first-order valence-electron chi connectivity index (χ1n) is 6.94. The average molecular weight is 295 g/mol. The Kier molecular flexibility index (Phi) is 4.69. The van der Waals surface area contributed by atoms with Crippen molar-refractivity contribution < 1.29 is 24.5 Å². The zero-order valence-corrected chi connectivity index (χ0v) is 12.3. The molecule has 1 heterocycles. The summed E-state index contributed by atoms with van der Waals surface area (Å²) in [6.07, 6.45) is 2.00. The number of hydrogen-bond acceptors (Lipinski definition) is 6. The molecule has 3 N–H and O–H groups in total. The van der Waals surface area contributed by atoms with Crippen LogP contribution in [0.4, 0.5) is 0 Å². The van der Waals surface area contributed by atoms with E-state index in [1.54, 1.807) is 6.92 Å². The Morgan fingerprint density at radius 2 is 2.10 bits per heavy atom. The number of methoxy groups -OCH3 is 1. The molecule has 1 aromatic carbocycles. The number of carbonyl (C=O) groups is 1. The normalized spacial score (nSPS) is 21.0. The lowest BCUT2D eigenvalue weighted by atomic mass is 9.91. The molecule has 0 radical (unpaired) electrons. The van der Waals surface area contributed by atoms with Gasteiger partial charge in [-0.3, -0.25) is 5.32 Å². The van der Waals surface area contributed by atoms with Crippen LogP contribution in [-0.4, -0.2) is 42.5 Å². The topological polar surface area (TPSA) is 88.0 Å². The largest absolute Gasteiger partial charge is 0.508 e. The third-order valence-corrected chi connectivity index (χ3v) is 3.78. The van der Waals surface area contributed by atoms with Crippen LogP contribution in [0.3, 0.4) is 0 Å². The van der Waals surface area contributed by atoms with Crippen molar-refractivity contribution >= 4 is 5.97 Å². The second kappa shape index (κ2) is 6.32. The molecular formula is C15H21NO5. The number of ether oxygens (including phenoxy) is 2. The summed E-state index contributed by atoms with van der Waals surface area (Å²) in [5.41, 5.74) is -0.735. The molecule has 1 aliphatic rings. The van der Waals surface area contributed by atoms with Gasteiger partial charge in [0.25, 0.3) is 0 Å². The van der Waals surface area contributed by atoms with Crippen molar-refractivity contribution in [1.29, 1.82) is 0 Å². The fraction of sp³-hybridized carbons (Fsp3) is 0.533. The van der Waals surface area contributed by atoms with Gasteiger partial charge >= 0.3 is 5.97 Å². The van der Waals surface area contributed by atoms with Crippen molar-refractivity contribution in [2.45, 2.75) is 31.4 Å². The molecular weight excluding hydrogens is 274 g/mol. The van der Waals surface area contributed by atoms with E-state index in [2.05, 4.69) is 5.32 Å². The first-order valence-corrected chi connectivity index (χ1v) is 6.94. The van der Waals surface area contributed by atoms with E-state index in [1.807, 2.05) is 0 Å². The zero-order chi connectivity index (χ0) is 15.5. The Morgan fingerprint density at radius 3 is 2.62 bits per heavy atom. The molecule has 21 heavy (non-hydrogen) atoms. The molecule has 0 aromatic heterocycles. The molecule has 2 rings (SSSR count). The van der Waals surface area contributed by atoms with Crippen molar-refractivity contribution in [2.75, 3.05) is 20.3 Å². The average Bonchev–Trinajstić information content (AvgIpc) is 2.96. The lowest BCUT2D eigenvalue weighted by Crippen LogP contribution is -2.49. The van der Waals surface area contributed by atoms with Gasteiger partial charge in [-0.1, -0.05) is 0 Å². The maximum atomic E-state index is 12.2. The van der Waals surface area contributed by atoms with Crippen molar-refractivity contribution in [3.63, 3.8) is 0 Å². The summed E-state index contributed by atoms with van der Waals surface area (Å²) in [4.78, 5) is 12.2. The van der Waals surface area contributed by atoms with Gasteiger partial charge in [-0.25, -0.2) is 4.79 Å². The second-order valence-electron chi connectivity index (χ2n) is 5.37. The van der Waals surface area contributed by atoms with Crippen LogP contribution in [-0.2, 0) is 19.8 Å². The molecule has 1 aliphatic heterocycles. The number of hydrogen-bond donors (Lipinski definition) is 3. The maximum absolute atomic E-state index is 12.2. The summed E-state index contributed by atoms with van der Waals surface area (Å²) in [7, 11) is 1.30. The van der Waals surface area contributed by atoms with Gasteiger partial charge in [0, 0.05) is 19.2 Å². The summed E-state index contributed by atoms with van der Waals surface area (Å²) in [5.74, 6) is -0.719. The van der Waals surface area contributed by atoms with Crippen LogP contribution >= 0.6 is 0 Å². The number of rotatable bonds is 5. The minimum Gasteiger partial charge on any atom is -0.508 e. The van der Waals surface area contributed by atoms with Crippen LogP contribution in [0.5, 0.6) is 11.5 Å². The molecule has 1 aromatic rings. The molecule has 2 atom stereocenters. The molecule has 0 bridgehead atoms. The Hall–Kier alpha value is -1.79. The monoisotopic (exact) mass is 295 g/mol. The number of benzene rings is 1. The fourth-order valence-electron chi connectivity index (χ4n) is 2.50.